The molecular weight excluding hydrogens is 440 g/mol. The van der Waals surface area contributed by atoms with Gasteiger partial charge in [0.05, 0.1) is 37.4 Å². The van der Waals surface area contributed by atoms with E-state index in [9.17, 15) is 20.1 Å². The molecule has 0 aliphatic heterocycles. The van der Waals surface area contributed by atoms with E-state index in [0.29, 0.717) is 38.2 Å². The molecule has 0 unspecified atom stereocenters. The van der Waals surface area contributed by atoms with Gasteiger partial charge in [0.15, 0.2) is 0 Å². The van der Waals surface area contributed by atoms with Gasteiger partial charge in [0.1, 0.15) is 0 Å². The van der Waals surface area contributed by atoms with E-state index in [1.807, 2.05) is 12.1 Å². The SMILES string of the molecule is CCOC(=O)C1(c2ccc(-c3ccc(-c4sc(Cl)cc4NO)cc3[N+](=O)[O-])cc2)CC1. The third-order valence-electron chi connectivity index (χ3n) is 5.44. The number of nitro groups is 1. The molecule has 0 atom stereocenters. The molecule has 1 heterocycles. The lowest BCUT2D eigenvalue weighted by molar-refractivity contribution is -0.384. The van der Waals surface area contributed by atoms with E-state index in [4.69, 9.17) is 16.3 Å². The molecule has 1 fully saturated rings. The summed E-state index contributed by atoms with van der Waals surface area (Å²) in [5.74, 6) is -0.221. The number of anilines is 1. The van der Waals surface area contributed by atoms with Crippen LogP contribution in [0.3, 0.4) is 0 Å². The van der Waals surface area contributed by atoms with Crippen LogP contribution in [0.1, 0.15) is 25.3 Å². The number of hydrogen-bond donors (Lipinski definition) is 2. The van der Waals surface area contributed by atoms with E-state index in [2.05, 4.69) is 5.48 Å². The van der Waals surface area contributed by atoms with Crippen LogP contribution in [0.15, 0.2) is 48.5 Å². The number of carbonyl (C=O) groups excluding carboxylic acids is 1. The Morgan fingerprint density at radius 2 is 1.90 bits per heavy atom. The molecule has 31 heavy (non-hydrogen) atoms. The Kier molecular flexibility index (Phi) is 5.70. The molecule has 1 aromatic heterocycles. The van der Waals surface area contributed by atoms with Gasteiger partial charge >= 0.3 is 5.97 Å². The fraction of sp³-hybridized carbons (Fsp3) is 0.227. The van der Waals surface area contributed by atoms with E-state index < -0.39 is 10.3 Å². The highest BCUT2D eigenvalue weighted by molar-refractivity contribution is 7.20. The number of rotatable bonds is 7. The van der Waals surface area contributed by atoms with Gasteiger partial charge in [0, 0.05) is 11.6 Å². The highest BCUT2D eigenvalue weighted by atomic mass is 35.5. The van der Waals surface area contributed by atoms with Crippen molar-refractivity contribution in [3.05, 3.63) is 68.5 Å². The average Bonchev–Trinajstić information content (AvgIpc) is 3.50. The Bertz CT molecular complexity index is 1160. The van der Waals surface area contributed by atoms with E-state index in [1.54, 1.807) is 37.3 Å². The zero-order valence-electron chi connectivity index (χ0n) is 16.6. The van der Waals surface area contributed by atoms with Crippen molar-refractivity contribution in [3.63, 3.8) is 0 Å². The maximum absolute atomic E-state index is 12.3. The van der Waals surface area contributed by atoms with Crippen LogP contribution in [0.25, 0.3) is 21.6 Å². The summed E-state index contributed by atoms with van der Waals surface area (Å²) in [5.41, 5.74) is 4.37. The fourth-order valence-corrected chi connectivity index (χ4v) is 4.87. The second-order valence-electron chi connectivity index (χ2n) is 7.27. The molecule has 0 radical (unpaired) electrons. The van der Waals surface area contributed by atoms with Crippen LogP contribution >= 0.6 is 22.9 Å². The van der Waals surface area contributed by atoms with E-state index in [-0.39, 0.29) is 11.7 Å². The van der Waals surface area contributed by atoms with Crippen molar-refractivity contribution in [3.8, 4) is 21.6 Å². The van der Waals surface area contributed by atoms with Gasteiger partial charge < -0.3 is 4.74 Å². The average molecular weight is 459 g/mol. The van der Waals surface area contributed by atoms with E-state index in [1.165, 1.54) is 17.4 Å². The number of esters is 1. The smallest absolute Gasteiger partial charge is 0.316 e. The summed E-state index contributed by atoms with van der Waals surface area (Å²) < 4.78 is 5.65. The van der Waals surface area contributed by atoms with Gasteiger partial charge in [0.2, 0.25) is 0 Å². The topological polar surface area (TPSA) is 102 Å². The third kappa shape index (κ3) is 3.89. The van der Waals surface area contributed by atoms with Crippen LogP contribution in [0.4, 0.5) is 11.4 Å². The lowest BCUT2D eigenvalue weighted by atomic mass is 9.93. The molecule has 1 aliphatic rings. The first-order valence-corrected chi connectivity index (χ1v) is 10.9. The molecule has 7 nitrogen and oxygen atoms in total. The minimum absolute atomic E-state index is 0.0646. The molecular formula is C22H19ClN2O5S. The van der Waals surface area contributed by atoms with Gasteiger partial charge in [-0.25, -0.2) is 0 Å². The van der Waals surface area contributed by atoms with Crippen LogP contribution in [0.2, 0.25) is 4.34 Å². The Balaban J connectivity index is 1.70. The maximum Gasteiger partial charge on any atom is 0.316 e. The molecule has 0 bridgehead atoms. The maximum atomic E-state index is 12.3. The Morgan fingerprint density at radius 3 is 2.48 bits per heavy atom. The summed E-state index contributed by atoms with van der Waals surface area (Å²) in [5, 5.41) is 21.1. The number of nitrogens with one attached hydrogen (secondary N) is 1. The van der Waals surface area contributed by atoms with Crippen LogP contribution in [-0.2, 0) is 14.9 Å². The van der Waals surface area contributed by atoms with Gasteiger partial charge in [0.25, 0.3) is 5.69 Å². The summed E-state index contributed by atoms with van der Waals surface area (Å²) in [7, 11) is 0. The molecule has 2 aromatic carbocycles. The van der Waals surface area contributed by atoms with Gasteiger partial charge in [-0.15, -0.1) is 11.3 Å². The molecule has 0 spiro atoms. The number of nitro benzene ring substituents is 1. The zero-order chi connectivity index (χ0) is 22.2. The standard InChI is InChI=1S/C22H19ClN2O5S/c1-2-30-21(26)22(9-10-22)15-6-3-13(4-7-15)16-8-5-14(11-18(16)25(28)29)20-17(24-27)12-19(23)31-20/h3-8,11-12,24,27H,2,9-10H2,1H3. The first-order valence-electron chi connectivity index (χ1n) is 9.66. The number of nitrogens with zero attached hydrogens (tertiary/aromatic N) is 1. The van der Waals surface area contributed by atoms with Crippen molar-refractivity contribution in [1.82, 2.24) is 0 Å². The number of hydrogen-bond acceptors (Lipinski definition) is 7. The number of benzene rings is 2. The predicted octanol–water partition coefficient (Wildman–Crippen LogP) is 6.04. The largest absolute Gasteiger partial charge is 0.465 e. The summed E-state index contributed by atoms with van der Waals surface area (Å²) in [6.45, 7) is 2.11. The molecule has 1 saturated carbocycles. The Morgan fingerprint density at radius 1 is 1.23 bits per heavy atom. The summed E-state index contributed by atoms with van der Waals surface area (Å²) in [4.78, 5) is 24.3. The van der Waals surface area contributed by atoms with Crippen molar-refractivity contribution in [2.24, 2.45) is 0 Å². The molecule has 9 heteroatoms. The number of carbonyl (C=O) groups is 1. The van der Waals surface area contributed by atoms with Crippen molar-refractivity contribution in [1.29, 1.82) is 0 Å². The monoisotopic (exact) mass is 458 g/mol. The summed E-state index contributed by atoms with van der Waals surface area (Å²) in [6, 6.07) is 13.7. The van der Waals surface area contributed by atoms with E-state index >= 15 is 0 Å². The third-order valence-corrected chi connectivity index (χ3v) is 6.76. The highest BCUT2D eigenvalue weighted by Gasteiger charge is 2.52. The van der Waals surface area contributed by atoms with Gasteiger partial charge in [-0.2, -0.15) is 0 Å². The minimum Gasteiger partial charge on any atom is -0.465 e. The normalized spacial score (nSPS) is 14.2. The first-order chi connectivity index (χ1) is 14.9. The van der Waals surface area contributed by atoms with Crippen LogP contribution in [0.5, 0.6) is 0 Å². The lowest BCUT2D eigenvalue weighted by Crippen LogP contribution is -2.23. The molecule has 0 saturated heterocycles. The molecule has 0 amide bonds. The highest BCUT2D eigenvalue weighted by Crippen LogP contribution is 2.50. The molecule has 3 aromatic rings. The quantitative estimate of drug-likeness (QED) is 0.254. The molecule has 1 aliphatic carbocycles. The summed E-state index contributed by atoms with van der Waals surface area (Å²) >= 11 is 7.23. The van der Waals surface area contributed by atoms with E-state index in [0.717, 1.165) is 18.4 Å². The van der Waals surface area contributed by atoms with Crippen LogP contribution in [-0.4, -0.2) is 22.7 Å². The second-order valence-corrected chi connectivity index (χ2v) is 8.96. The number of halogens is 1. The van der Waals surface area contributed by atoms with Crippen molar-refractivity contribution >= 4 is 40.3 Å². The van der Waals surface area contributed by atoms with Crippen molar-refractivity contribution in [2.75, 3.05) is 12.1 Å². The van der Waals surface area contributed by atoms with Crippen molar-refractivity contribution < 1.29 is 19.7 Å². The lowest BCUT2D eigenvalue weighted by Gasteiger charge is -2.15. The molecule has 2 N–H and O–H groups in total. The Labute approximate surface area is 187 Å². The molecule has 4 rings (SSSR count). The first kappa shape index (κ1) is 21.3. The van der Waals surface area contributed by atoms with Crippen LogP contribution in [0, 0.1) is 10.1 Å². The summed E-state index contributed by atoms with van der Waals surface area (Å²) in [6.07, 6.45) is 1.48. The fourth-order valence-electron chi connectivity index (χ4n) is 3.70. The number of thiophene rings is 1. The van der Waals surface area contributed by atoms with Crippen LogP contribution < -0.4 is 5.48 Å². The molecule has 160 valence electrons. The van der Waals surface area contributed by atoms with Crippen molar-refractivity contribution in [2.45, 2.75) is 25.2 Å². The van der Waals surface area contributed by atoms with Gasteiger partial charge in [-0.1, -0.05) is 41.9 Å². The van der Waals surface area contributed by atoms with Gasteiger partial charge in [-0.05, 0) is 43.0 Å². The zero-order valence-corrected chi connectivity index (χ0v) is 18.1. The second kappa shape index (κ2) is 8.30. The predicted molar refractivity (Wildman–Crippen MR) is 120 cm³/mol. The minimum atomic E-state index is -0.587. The number of ether oxygens (including phenoxy) is 1. The Hall–Kier alpha value is -2.94. The van der Waals surface area contributed by atoms with Gasteiger partial charge in [-0.3, -0.25) is 25.6 Å².